The minimum Gasteiger partial charge on any atom is -0.463 e. The summed E-state index contributed by atoms with van der Waals surface area (Å²) in [6.07, 6.45) is 0.715. The van der Waals surface area contributed by atoms with Gasteiger partial charge in [-0.3, -0.25) is 14.4 Å². The minimum absolute atomic E-state index is 0.242. The quantitative estimate of drug-likeness (QED) is 0.288. The van der Waals surface area contributed by atoms with Gasteiger partial charge >= 0.3 is 17.9 Å². The van der Waals surface area contributed by atoms with Gasteiger partial charge in [-0.15, -0.1) is 0 Å². The Kier molecular flexibility index (Phi) is 11.8. The molecule has 0 aromatic heterocycles. The molecule has 0 aromatic carbocycles. The van der Waals surface area contributed by atoms with E-state index in [2.05, 4.69) is 6.92 Å². The molecule has 1 aliphatic heterocycles. The van der Waals surface area contributed by atoms with Gasteiger partial charge in [-0.2, -0.15) is 0 Å². The van der Waals surface area contributed by atoms with E-state index < -0.39 is 48.6 Å². The Balaban J connectivity index is 2.84. The first-order chi connectivity index (χ1) is 13.8. The van der Waals surface area contributed by atoms with Crippen LogP contribution in [0.15, 0.2) is 0 Å². The summed E-state index contributed by atoms with van der Waals surface area (Å²) in [5, 5.41) is 10.3. The lowest BCUT2D eigenvalue weighted by molar-refractivity contribution is -0.300. The number of carbonyl (C=O) groups is 3. The number of hydrogen-bond acceptors (Lipinski definition) is 9. The van der Waals surface area contributed by atoms with E-state index >= 15 is 0 Å². The monoisotopic (exact) mass is 418 g/mol. The van der Waals surface area contributed by atoms with E-state index in [9.17, 15) is 19.5 Å². The van der Waals surface area contributed by atoms with Gasteiger partial charge < -0.3 is 28.8 Å². The van der Waals surface area contributed by atoms with Crippen molar-refractivity contribution < 1.29 is 43.2 Å². The molecule has 0 unspecified atom stereocenters. The zero-order valence-electron chi connectivity index (χ0n) is 17.8. The van der Waals surface area contributed by atoms with E-state index in [-0.39, 0.29) is 6.61 Å². The summed E-state index contributed by atoms with van der Waals surface area (Å²) in [4.78, 5) is 34.3. The van der Waals surface area contributed by atoms with Crippen molar-refractivity contribution in [3.05, 3.63) is 0 Å². The summed E-state index contributed by atoms with van der Waals surface area (Å²) in [5.41, 5.74) is 0. The van der Waals surface area contributed by atoms with Crippen LogP contribution in [-0.4, -0.2) is 66.9 Å². The molecule has 1 N–H and O–H groups in total. The van der Waals surface area contributed by atoms with Crippen LogP contribution in [0.3, 0.4) is 0 Å². The summed E-state index contributed by atoms with van der Waals surface area (Å²) >= 11 is 0. The van der Waals surface area contributed by atoms with Gasteiger partial charge in [0.15, 0.2) is 18.5 Å². The molecule has 0 radical (unpaired) electrons. The van der Waals surface area contributed by atoms with Crippen molar-refractivity contribution in [3.8, 4) is 0 Å². The lowest BCUT2D eigenvalue weighted by Gasteiger charge is -2.43. The summed E-state index contributed by atoms with van der Waals surface area (Å²) in [6, 6.07) is 0. The SMILES string of the molecule is CCCCCCCCO[C@@H]1[C@@H](OC(C)=O)[C@@H](O)O[C@H](COC(C)=O)[C@H]1OC(C)=O. The normalized spacial score (nSPS) is 26.6. The molecule has 168 valence electrons. The maximum atomic E-state index is 11.6. The van der Waals surface area contributed by atoms with Crippen molar-refractivity contribution in [2.45, 2.75) is 96.9 Å². The van der Waals surface area contributed by atoms with Gasteiger partial charge in [0.05, 0.1) is 0 Å². The van der Waals surface area contributed by atoms with E-state index in [1.807, 2.05) is 0 Å². The van der Waals surface area contributed by atoms with Crippen LogP contribution in [0.25, 0.3) is 0 Å². The number of unbranched alkanes of at least 4 members (excludes halogenated alkanes) is 5. The summed E-state index contributed by atoms with van der Waals surface area (Å²) in [7, 11) is 0. The molecule has 1 heterocycles. The third-order valence-electron chi connectivity index (χ3n) is 4.47. The summed E-state index contributed by atoms with van der Waals surface area (Å²) in [6.45, 7) is 5.89. The fourth-order valence-electron chi connectivity index (χ4n) is 3.17. The number of esters is 3. The zero-order chi connectivity index (χ0) is 21.8. The van der Waals surface area contributed by atoms with Crippen LogP contribution in [-0.2, 0) is 38.1 Å². The first-order valence-electron chi connectivity index (χ1n) is 10.2. The molecular weight excluding hydrogens is 384 g/mol. The molecule has 9 nitrogen and oxygen atoms in total. The standard InChI is InChI=1S/C20H34O9/c1-5-6-7-8-9-10-11-25-18-17(27-14(3)22)16(12-26-13(2)21)29-20(24)19(18)28-15(4)23/h16-20,24H,5-12H2,1-4H3/t16-,17-,18+,19-,20+/m1/s1. The van der Waals surface area contributed by atoms with E-state index in [1.54, 1.807) is 0 Å². The zero-order valence-corrected chi connectivity index (χ0v) is 17.8. The number of hydrogen-bond donors (Lipinski definition) is 1. The van der Waals surface area contributed by atoms with Crippen LogP contribution < -0.4 is 0 Å². The summed E-state index contributed by atoms with van der Waals surface area (Å²) in [5.74, 6) is -1.78. The average Bonchev–Trinajstić information content (AvgIpc) is 2.63. The molecular formula is C20H34O9. The minimum atomic E-state index is -1.51. The van der Waals surface area contributed by atoms with Crippen LogP contribution in [0.2, 0.25) is 0 Å². The van der Waals surface area contributed by atoms with Gasteiger partial charge in [0, 0.05) is 27.4 Å². The molecule has 1 rings (SSSR count). The molecule has 1 aliphatic rings. The van der Waals surface area contributed by atoms with Crippen LogP contribution in [0.4, 0.5) is 0 Å². The Labute approximate surface area is 172 Å². The van der Waals surface area contributed by atoms with Crippen molar-refractivity contribution in [3.63, 3.8) is 0 Å². The Bertz CT molecular complexity index is 522. The highest BCUT2D eigenvalue weighted by Gasteiger charge is 2.50. The van der Waals surface area contributed by atoms with E-state index in [0.717, 1.165) is 32.1 Å². The molecule has 29 heavy (non-hydrogen) atoms. The second-order valence-electron chi connectivity index (χ2n) is 7.12. The number of ether oxygens (including phenoxy) is 5. The van der Waals surface area contributed by atoms with Crippen molar-refractivity contribution in [1.29, 1.82) is 0 Å². The van der Waals surface area contributed by atoms with Crippen molar-refractivity contribution in [1.82, 2.24) is 0 Å². The van der Waals surface area contributed by atoms with E-state index in [0.29, 0.717) is 6.61 Å². The Hall–Kier alpha value is -1.71. The molecule has 9 heteroatoms. The fraction of sp³-hybridized carbons (Fsp3) is 0.850. The van der Waals surface area contributed by atoms with Crippen molar-refractivity contribution in [2.24, 2.45) is 0 Å². The highest BCUT2D eigenvalue weighted by atomic mass is 16.7. The lowest BCUT2D eigenvalue weighted by Crippen LogP contribution is -2.62. The maximum absolute atomic E-state index is 11.6. The van der Waals surface area contributed by atoms with Crippen molar-refractivity contribution in [2.75, 3.05) is 13.2 Å². The second-order valence-corrected chi connectivity index (χ2v) is 7.12. The van der Waals surface area contributed by atoms with Crippen LogP contribution in [0.5, 0.6) is 0 Å². The predicted octanol–water partition coefficient (Wildman–Crippen LogP) is 1.88. The van der Waals surface area contributed by atoms with E-state index in [4.69, 9.17) is 23.7 Å². The largest absolute Gasteiger partial charge is 0.463 e. The van der Waals surface area contributed by atoms with E-state index in [1.165, 1.54) is 27.2 Å². The lowest BCUT2D eigenvalue weighted by atomic mass is 9.98. The number of carbonyl (C=O) groups excluding carboxylic acids is 3. The average molecular weight is 418 g/mol. The van der Waals surface area contributed by atoms with Gasteiger partial charge in [-0.1, -0.05) is 39.0 Å². The van der Waals surface area contributed by atoms with Crippen LogP contribution in [0, 0.1) is 0 Å². The van der Waals surface area contributed by atoms with Gasteiger partial charge in [-0.05, 0) is 6.42 Å². The molecule has 0 saturated carbocycles. The molecule has 0 aliphatic carbocycles. The molecule has 0 amide bonds. The second kappa shape index (κ2) is 13.5. The summed E-state index contributed by atoms with van der Waals surface area (Å²) < 4.78 is 26.8. The maximum Gasteiger partial charge on any atom is 0.303 e. The first-order valence-corrected chi connectivity index (χ1v) is 10.2. The Morgan fingerprint density at radius 1 is 0.828 bits per heavy atom. The topological polar surface area (TPSA) is 118 Å². The number of aliphatic hydroxyl groups is 1. The number of rotatable bonds is 12. The van der Waals surface area contributed by atoms with Gasteiger partial charge in [0.2, 0.25) is 0 Å². The highest BCUT2D eigenvalue weighted by molar-refractivity contribution is 5.67. The van der Waals surface area contributed by atoms with Crippen LogP contribution >= 0.6 is 0 Å². The fourth-order valence-corrected chi connectivity index (χ4v) is 3.17. The molecule has 0 aromatic rings. The third kappa shape index (κ3) is 9.56. The predicted molar refractivity (Wildman–Crippen MR) is 102 cm³/mol. The molecule has 5 atom stereocenters. The first kappa shape index (κ1) is 25.3. The number of aliphatic hydroxyl groups excluding tert-OH is 1. The molecule has 1 saturated heterocycles. The Morgan fingerprint density at radius 3 is 2.00 bits per heavy atom. The van der Waals surface area contributed by atoms with Gasteiger partial charge in [0.25, 0.3) is 0 Å². The Morgan fingerprint density at radius 2 is 1.41 bits per heavy atom. The molecule has 1 fully saturated rings. The molecule has 0 bridgehead atoms. The third-order valence-corrected chi connectivity index (χ3v) is 4.47. The van der Waals surface area contributed by atoms with Crippen molar-refractivity contribution >= 4 is 17.9 Å². The highest BCUT2D eigenvalue weighted by Crippen LogP contribution is 2.28. The smallest absolute Gasteiger partial charge is 0.303 e. The van der Waals surface area contributed by atoms with Gasteiger partial charge in [0.1, 0.15) is 18.8 Å². The van der Waals surface area contributed by atoms with Crippen LogP contribution in [0.1, 0.15) is 66.2 Å². The van der Waals surface area contributed by atoms with Gasteiger partial charge in [-0.25, -0.2) is 0 Å². The molecule has 0 spiro atoms.